The highest BCUT2D eigenvalue weighted by Gasteiger charge is 2.30. The summed E-state index contributed by atoms with van der Waals surface area (Å²) in [6.07, 6.45) is 3.61. The van der Waals surface area contributed by atoms with Crippen LogP contribution in [0, 0.1) is 0 Å². The summed E-state index contributed by atoms with van der Waals surface area (Å²) in [5, 5.41) is 14.3. The number of aromatic hydroxyl groups is 1. The van der Waals surface area contributed by atoms with Gasteiger partial charge >= 0.3 is 0 Å². The van der Waals surface area contributed by atoms with Crippen molar-refractivity contribution in [2.45, 2.75) is 45.3 Å². The van der Waals surface area contributed by atoms with Gasteiger partial charge in [-0.15, -0.1) is 0 Å². The molecule has 0 spiro atoms. The van der Waals surface area contributed by atoms with Crippen LogP contribution < -0.4 is 22.0 Å². The molecule has 0 atom stereocenters. The molecule has 1 N–H and O–H groups in total. The Morgan fingerprint density at radius 2 is 1.22 bits per heavy atom. The summed E-state index contributed by atoms with van der Waals surface area (Å²) in [5.74, 6) is -0.151. The van der Waals surface area contributed by atoms with E-state index < -0.39 is 0 Å². The van der Waals surface area contributed by atoms with Gasteiger partial charge in [0.2, 0.25) is 5.88 Å². The first-order chi connectivity index (χ1) is 29.3. The fraction of sp³-hybridized carbons (Fsp3) is 0.565. The fourth-order valence-corrected chi connectivity index (χ4v) is 9.84. The van der Waals surface area contributed by atoms with Crippen LogP contribution in [0.3, 0.4) is 0 Å². The summed E-state index contributed by atoms with van der Waals surface area (Å²) in [7, 11) is 2.16. The Labute approximate surface area is 352 Å². The maximum absolute atomic E-state index is 15.0. The van der Waals surface area contributed by atoms with Crippen molar-refractivity contribution in [3.8, 4) is 28.1 Å². The van der Waals surface area contributed by atoms with Crippen molar-refractivity contribution in [3.05, 3.63) is 78.4 Å². The summed E-state index contributed by atoms with van der Waals surface area (Å²) in [6, 6.07) is 12.0. The number of piperazine rings is 1. The van der Waals surface area contributed by atoms with Gasteiger partial charge in [0.15, 0.2) is 0 Å². The molecule has 60 heavy (non-hydrogen) atoms. The molecular weight excluding hydrogens is 761 g/mol. The van der Waals surface area contributed by atoms with E-state index in [1.54, 1.807) is 6.07 Å². The van der Waals surface area contributed by atoms with Crippen LogP contribution in [-0.4, -0.2) is 164 Å². The van der Waals surface area contributed by atoms with E-state index in [0.29, 0.717) is 96.0 Å². The molecule has 2 aromatic carbocycles. The number of hydrogen-bond acceptors (Lipinski definition) is 12. The predicted octanol–water partition coefficient (Wildman–Crippen LogP) is 2.46. The van der Waals surface area contributed by atoms with Crippen LogP contribution in [0.5, 0.6) is 5.88 Å². The molecule has 6 heterocycles. The fourth-order valence-electron chi connectivity index (χ4n) is 9.84. The number of hydrogen-bond donors (Lipinski definition) is 1. The van der Waals surface area contributed by atoms with E-state index in [-0.39, 0.29) is 30.5 Å². The quantitative estimate of drug-likeness (QED) is 0.166. The second-order valence-corrected chi connectivity index (χ2v) is 17.3. The van der Waals surface area contributed by atoms with Gasteiger partial charge in [-0.25, -0.2) is 0 Å². The molecule has 4 fully saturated rings. The number of likely N-dealkylation sites (tertiary alicyclic amines) is 1. The Bertz CT molecular complexity index is 2470. The van der Waals surface area contributed by atoms with Crippen molar-refractivity contribution in [1.82, 2.24) is 33.6 Å². The van der Waals surface area contributed by atoms with E-state index >= 15 is 0 Å². The third kappa shape index (κ3) is 8.48. The average Bonchev–Trinajstić information content (AvgIpc) is 3.80. The highest BCUT2D eigenvalue weighted by molar-refractivity contribution is 6.19. The van der Waals surface area contributed by atoms with E-state index in [1.165, 1.54) is 14.7 Å². The Kier molecular flexibility index (Phi) is 12.6. The first kappa shape index (κ1) is 41.1. The zero-order valence-corrected chi connectivity index (χ0v) is 35.2. The Morgan fingerprint density at radius 3 is 1.87 bits per heavy atom. The molecule has 5 aliphatic heterocycles. The first-order valence-corrected chi connectivity index (χ1v) is 22.3. The molecule has 0 saturated carbocycles. The Morgan fingerprint density at radius 1 is 0.617 bits per heavy atom. The summed E-state index contributed by atoms with van der Waals surface area (Å²) in [6.45, 7) is 16.3. The van der Waals surface area contributed by atoms with Gasteiger partial charge in [-0.2, -0.15) is 0 Å². The van der Waals surface area contributed by atoms with Crippen molar-refractivity contribution < 1.29 is 16.0 Å². The number of rotatable bonds is 14. The molecule has 4 saturated heterocycles. The smallest absolute Gasteiger partial charge is 0.263 e. The summed E-state index contributed by atoms with van der Waals surface area (Å²) < 4.78 is 14.0. The van der Waals surface area contributed by atoms with E-state index in [1.807, 2.05) is 6.07 Å². The predicted molar refractivity (Wildman–Crippen MR) is 237 cm³/mol. The SMILES string of the molecule is CN1CCN(Cc2ccc(-c3cc4c(O)n(CCCN5CCOCC5)c(=O)c5c(=NCCN6CCCC6)cc6c(=O)n(CCCN7CCOCC7)c(=O)c3c-6c45)cc2)CC1.[HH]. The van der Waals surface area contributed by atoms with Gasteiger partial charge < -0.3 is 24.4 Å². The van der Waals surface area contributed by atoms with Crippen LogP contribution in [0.4, 0.5) is 0 Å². The molecule has 14 heteroatoms. The van der Waals surface area contributed by atoms with Crippen LogP contribution in [0.1, 0.15) is 32.7 Å². The molecule has 1 aromatic heterocycles. The lowest BCUT2D eigenvalue weighted by molar-refractivity contribution is 0.0368. The van der Waals surface area contributed by atoms with Crippen LogP contribution in [0.25, 0.3) is 43.8 Å². The Hall–Kier alpha value is -4.28. The minimum Gasteiger partial charge on any atom is -0.494 e. The number of nitrogens with zero attached hydrogens (tertiary/aromatic N) is 8. The molecule has 14 nitrogen and oxygen atoms in total. The number of likely N-dealkylation sites (N-methyl/N-ethyl adjacent to an activating group) is 1. The molecule has 3 aromatic rings. The van der Waals surface area contributed by atoms with Crippen LogP contribution in [0.2, 0.25) is 0 Å². The van der Waals surface area contributed by atoms with Crippen LogP contribution in [-0.2, 0) is 29.1 Å². The summed E-state index contributed by atoms with van der Waals surface area (Å²) >= 11 is 0. The third-order valence-electron chi connectivity index (χ3n) is 13.4. The number of benzene rings is 3. The highest BCUT2D eigenvalue weighted by Crippen LogP contribution is 2.42. The number of pyridine rings is 2. The minimum absolute atomic E-state index is 0. The zero-order chi connectivity index (χ0) is 41.2. The van der Waals surface area contributed by atoms with Gasteiger partial charge in [-0.3, -0.25) is 43.2 Å². The molecule has 0 amide bonds. The van der Waals surface area contributed by atoms with Gasteiger partial charge in [0.1, 0.15) is 0 Å². The molecule has 1 aliphatic carbocycles. The molecule has 322 valence electrons. The van der Waals surface area contributed by atoms with Gasteiger partial charge in [0.25, 0.3) is 16.7 Å². The van der Waals surface area contributed by atoms with Gasteiger partial charge in [-0.05, 0) is 74.6 Å². The summed E-state index contributed by atoms with van der Waals surface area (Å²) in [4.78, 5) is 61.3. The van der Waals surface area contributed by atoms with Crippen molar-refractivity contribution in [2.24, 2.45) is 4.99 Å². The molecular formula is C46H62N8O6. The van der Waals surface area contributed by atoms with E-state index in [4.69, 9.17) is 14.5 Å². The summed E-state index contributed by atoms with van der Waals surface area (Å²) in [5.41, 5.74) is 2.31. The molecule has 0 radical (unpaired) electrons. The molecule has 9 rings (SSSR count). The first-order valence-electron chi connectivity index (χ1n) is 22.3. The average molecular weight is 823 g/mol. The lowest BCUT2D eigenvalue weighted by Crippen LogP contribution is -2.43. The van der Waals surface area contributed by atoms with E-state index in [9.17, 15) is 19.5 Å². The Balaban J connectivity index is 0.00000514. The third-order valence-corrected chi connectivity index (χ3v) is 13.4. The zero-order valence-electron chi connectivity index (χ0n) is 35.2. The number of ether oxygens (including phenoxy) is 2. The monoisotopic (exact) mass is 822 g/mol. The maximum Gasteiger partial charge on any atom is 0.263 e. The lowest BCUT2D eigenvalue weighted by atomic mass is 9.86. The van der Waals surface area contributed by atoms with Crippen molar-refractivity contribution in [1.29, 1.82) is 0 Å². The van der Waals surface area contributed by atoms with Gasteiger partial charge in [0.05, 0.1) is 54.7 Å². The standard InChI is InChI=1S/C46H60N8O6.H2/c1-48-18-20-52(21-19-48)32-33-6-8-34(9-7-33)35-30-36-40-39-37(44(56)53(45(57)41(35)39)15-4-13-50-22-26-59-27-23-50)31-38(47-10-17-49-11-2-3-12-49)42(40)46(58)54(43(36)55)16-5-14-51-24-28-60-29-25-51;/h6-9,30-31,55H,2-5,10-29,32H2,1H3;1H. The second-order valence-electron chi connectivity index (χ2n) is 17.3. The molecule has 0 bridgehead atoms. The van der Waals surface area contributed by atoms with Gasteiger partial charge in [-0.1, -0.05) is 24.3 Å². The highest BCUT2D eigenvalue weighted by atomic mass is 16.5. The van der Waals surface area contributed by atoms with E-state index in [0.717, 1.165) is 110 Å². The van der Waals surface area contributed by atoms with Crippen molar-refractivity contribution >= 4 is 21.5 Å². The number of morpholine rings is 2. The largest absolute Gasteiger partial charge is 0.494 e. The maximum atomic E-state index is 15.0. The topological polar surface area (TPSA) is 128 Å². The normalized spacial score (nSPS) is 19.9. The van der Waals surface area contributed by atoms with Crippen molar-refractivity contribution in [2.75, 3.05) is 125 Å². The van der Waals surface area contributed by atoms with Gasteiger partial charge in [0, 0.05) is 109 Å². The second kappa shape index (κ2) is 18.4. The van der Waals surface area contributed by atoms with Crippen LogP contribution in [0.15, 0.2) is 55.8 Å². The minimum atomic E-state index is -0.387. The molecule has 6 aliphatic rings. The van der Waals surface area contributed by atoms with Crippen LogP contribution >= 0.6 is 0 Å². The van der Waals surface area contributed by atoms with E-state index in [2.05, 4.69) is 55.8 Å². The number of aromatic nitrogens is 2. The molecule has 0 unspecified atom stereocenters. The van der Waals surface area contributed by atoms with Crippen molar-refractivity contribution in [3.63, 3.8) is 0 Å². The lowest BCUT2D eigenvalue weighted by Gasteiger charge is -2.32.